The van der Waals surface area contributed by atoms with Crippen molar-refractivity contribution >= 4 is 5.78 Å². The highest BCUT2D eigenvalue weighted by Gasteiger charge is 2.57. The third-order valence-electron chi connectivity index (χ3n) is 5.05. The van der Waals surface area contributed by atoms with Gasteiger partial charge >= 0.3 is 0 Å². The first kappa shape index (κ1) is 13.5. The zero-order chi connectivity index (χ0) is 13.6. The molecule has 3 aliphatic heterocycles. The third-order valence-corrected chi connectivity index (χ3v) is 5.05. The van der Waals surface area contributed by atoms with Gasteiger partial charge in [-0.2, -0.15) is 0 Å². The van der Waals surface area contributed by atoms with Gasteiger partial charge in [0.2, 0.25) is 0 Å². The first-order chi connectivity index (χ1) is 9.00. The summed E-state index contributed by atoms with van der Waals surface area (Å²) in [5, 5.41) is 0. The largest absolute Gasteiger partial charge is 0.373 e. The van der Waals surface area contributed by atoms with Crippen molar-refractivity contribution in [2.24, 2.45) is 5.92 Å². The van der Waals surface area contributed by atoms with Gasteiger partial charge in [0.25, 0.3) is 0 Å². The van der Waals surface area contributed by atoms with Gasteiger partial charge in [-0.25, -0.2) is 0 Å². The smallest absolute Gasteiger partial charge is 0.132 e. The molecule has 0 N–H and O–H groups in total. The topological polar surface area (TPSA) is 44.8 Å². The SMILES string of the molecule is CC(=O)C(C)C[C@H]1CC[C@@H]2O[C@@H]3C[C@]2(CO[C@H]3C)O1. The van der Waals surface area contributed by atoms with Crippen LogP contribution >= 0.6 is 0 Å². The van der Waals surface area contributed by atoms with E-state index in [0.29, 0.717) is 6.61 Å². The Bertz CT molecular complexity index is 369. The minimum atomic E-state index is -0.239. The van der Waals surface area contributed by atoms with Crippen molar-refractivity contribution in [1.29, 1.82) is 0 Å². The number of carbonyl (C=O) groups excluding carboxylic acids is 1. The molecule has 108 valence electrons. The lowest BCUT2D eigenvalue weighted by Crippen LogP contribution is -2.53. The molecule has 0 radical (unpaired) electrons. The van der Waals surface area contributed by atoms with E-state index in [-0.39, 0.29) is 41.7 Å². The van der Waals surface area contributed by atoms with Crippen molar-refractivity contribution in [2.75, 3.05) is 6.61 Å². The maximum atomic E-state index is 11.4. The summed E-state index contributed by atoms with van der Waals surface area (Å²) < 4.78 is 18.2. The van der Waals surface area contributed by atoms with Crippen molar-refractivity contribution in [3.05, 3.63) is 0 Å². The van der Waals surface area contributed by atoms with Gasteiger partial charge < -0.3 is 14.2 Å². The Morgan fingerprint density at radius 3 is 2.95 bits per heavy atom. The van der Waals surface area contributed by atoms with E-state index in [1.54, 1.807) is 6.92 Å². The maximum Gasteiger partial charge on any atom is 0.132 e. The number of carbonyl (C=O) groups is 1. The minimum Gasteiger partial charge on any atom is -0.373 e. The van der Waals surface area contributed by atoms with Crippen LogP contribution in [0.2, 0.25) is 0 Å². The van der Waals surface area contributed by atoms with Crippen LogP contribution in [-0.4, -0.2) is 42.4 Å². The standard InChI is InChI=1S/C15H24O4/c1-9(10(2)16)6-12-4-5-14-15(19-12)7-13(18-14)11(3)17-8-15/h9,11-14H,4-8H2,1-3H3/t9?,11-,12+,13+,14-,15+/m0/s1. The molecular weight excluding hydrogens is 244 g/mol. The molecular formula is C15H24O4. The van der Waals surface area contributed by atoms with Crippen LogP contribution in [0, 0.1) is 5.92 Å². The number of hydrogen-bond donors (Lipinski definition) is 0. The number of Topliss-reactive ketones (excluding diaryl/α,β-unsaturated/α-hetero) is 1. The second kappa shape index (κ2) is 4.83. The van der Waals surface area contributed by atoms with Crippen molar-refractivity contribution in [3.63, 3.8) is 0 Å². The van der Waals surface area contributed by atoms with Gasteiger partial charge in [0.1, 0.15) is 11.4 Å². The van der Waals surface area contributed by atoms with Crippen molar-refractivity contribution in [3.8, 4) is 0 Å². The van der Waals surface area contributed by atoms with Crippen molar-refractivity contribution in [1.82, 2.24) is 0 Å². The van der Waals surface area contributed by atoms with Crippen LogP contribution in [0.15, 0.2) is 0 Å². The Morgan fingerprint density at radius 1 is 1.42 bits per heavy atom. The number of rotatable bonds is 3. The Morgan fingerprint density at radius 2 is 2.21 bits per heavy atom. The van der Waals surface area contributed by atoms with Crippen LogP contribution in [0.1, 0.15) is 46.5 Å². The number of fused-ring (bicyclic) bond motifs is 1. The summed E-state index contributed by atoms with van der Waals surface area (Å²) in [6.07, 6.45) is 4.51. The first-order valence-corrected chi connectivity index (χ1v) is 7.45. The highest BCUT2D eigenvalue weighted by Crippen LogP contribution is 2.46. The highest BCUT2D eigenvalue weighted by molar-refractivity contribution is 5.77. The predicted octanol–water partition coefficient (Wildman–Crippen LogP) is 2.10. The molecule has 1 unspecified atom stereocenters. The molecule has 0 amide bonds. The molecule has 3 rings (SSSR count). The molecule has 3 saturated heterocycles. The summed E-state index contributed by atoms with van der Waals surface area (Å²) in [5.41, 5.74) is -0.239. The van der Waals surface area contributed by atoms with Gasteiger partial charge in [-0.3, -0.25) is 4.79 Å². The Labute approximate surface area is 114 Å². The number of ketones is 1. The summed E-state index contributed by atoms with van der Waals surface area (Å²) in [5.74, 6) is 0.330. The van der Waals surface area contributed by atoms with E-state index in [4.69, 9.17) is 14.2 Å². The number of hydrogen-bond acceptors (Lipinski definition) is 4. The van der Waals surface area contributed by atoms with Gasteiger partial charge in [0, 0.05) is 12.3 Å². The predicted molar refractivity (Wildman–Crippen MR) is 70.0 cm³/mol. The summed E-state index contributed by atoms with van der Waals surface area (Å²) in [6.45, 7) is 6.36. The summed E-state index contributed by atoms with van der Waals surface area (Å²) >= 11 is 0. The van der Waals surface area contributed by atoms with E-state index in [9.17, 15) is 4.79 Å². The fraction of sp³-hybridized carbons (Fsp3) is 0.933. The van der Waals surface area contributed by atoms with Gasteiger partial charge in [-0.15, -0.1) is 0 Å². The van der Waals surface area contributed by atoms with E-state index >= 15 is 0 Å². The normalized spacial score (nSPS) is 46.7. The zero-order valence-electron chi connectivity index (χ0n) is 12.1. The fourth-order valence-electron chi connectivity index (χ4n) is 3.61. The second-order valence-electron chi connectivity index (χ2n) is 6.51. The average Bonchev–Trinajstić information content (AvgIpc) is 2.68. The van der Waals surface area contributed by atoms with Gasteiger partial charge in [-0.1, -0.05) is 6.92 Å². The third kappa shape index (κ3) is 2.34. The van der Waals surface area contributed by atoms with E-state index in [2.05, 4.69) is 6.92 Å². The number of ether oxygens (including phenoxy) is 3. The molecule has 1 spiro atoms. The van der Waals surface area contributed by atoms with Gasteiger partial charge in [0.15, 0.2) is 0 Å². The molecule has 0 aromatic carbocycles. The first-order valence-electron chi connectivity index (χ1n) is 7.45. The lowest BCUT2D eigenvalue weighted by molar-refractivity contribution is -0.192. The molecule has 6 atom stereocenters. The quantitative estimate of drug-likeness (QED) is 0.786. The summed E-state index contributed by atoms with van der Waals surface area (Å²) in [4.78, 5) is 11.4. The molecule has 4 nitrogen and oxygen atoms in total. The molecule has 0 aliphatic carbocycles. The van der Waals surface area contributed by atoms with E-state index < -0.39 is 0 Å². The van der Waals surface area contributed by atoms with Crippen LogP contribution in [0.5, 0.6) is 0 Å². The van der Waals surface area contributed by atoms with Crippen molar-refractivity contribution in [2.45, 2.75) is 76.5 Å². The highest BCUT2D eigenvalue weighted by atomic mass is 16.6. The Balaban J connectivity index is 1.67. The van der Waals surface area contributed by atoms with Crippen LogP contribution in [0.4, 0.5) is 0 Å². The molecule has 0 saturated carbocycles. The Kier molecular flexibility index (Phi) is 3.44. The van der Waals surface area contributed by atoms with Crippen LogP contribution in [-0.2, 0) is 19.0 Å². The molecule has 4 heteroatoms. The monoisotopic (exact) mass is 268 g/mol. The molecule has 3 heterocycles. The average molecular weight is 268 g/mol. The molecule has 19 heavy (non-hydrogen) atoms. The van der Waals surface area contributed by atoms with Crippen LogP contribution < -0.4 is 0 Å². The van der Waals surface area contributed by atoms with Gasteiger partial charge in [-0.05, 0) is 33.1 Å². The molecule has 0 aromatic heterocycles. The van der Waals surface area contributed by atoms with Crippen LogP contribution in [0.25, 0.3) is 0 Å². The molecule has 0 aromatic rings. The zero-order valence-corrected chi connectivity index (χ0v) is 12.1. The van der Waals surface area contributed by atoms with Crippen LogP contribution in [0.3, 0.4) is 0 Å². The van der Waals surface area contributed by atoms with E-state index in [0.717, 1.165) is 25.7 Å². The fourth-order valence-corrected chi connectivity index (χ4v) is 3.61. The second-order valence-corrected chi connectivity index (χ2v) is 6.51. The van der Waals surface area contributed by atoms with Crippen molar-refractivity contribution < 1.29 is 19.0 Å². The molecule has 3 aliphatic rings. The molecule has 2 bridgehead atoms. The minimum absolute atomic E-state index is 0.0829. The molecule has 3 fully saturated rings. The maximum absolute atomic E-state index is 11.4. The van der Waals surface area contributed by atoms with E-state index in [1.807, 2.05) is 6.92 Å². The summed E-state index contributed by atoms with van der Waals surface area (Å²) in [7, 11) is 0. The lowest BCUT2D eigenvalue weighted by Gasteiger charge is -2.43. The Hall–Kier alpha value is -0.450. The lowest BCUT2D eigenvalue weighted by atomic mass is 9.83. The summed E-state index contributed by atoms with van der Waals surface area (Å²) in [6, 6.07) is 0. The van der Waals surface area contributed by atoms with Gasteiger partial charge in [0.05, 0.1) is 31.0 Å². The van der Waals surface area contributed by atoms with E-state index in [1.165, 1.54) is 0 Å².